The van der Waals surface area contributed by atoms with Crippen LogP contribution in [0.4, 0.5) is 0 Å². The van der Waals surface area contributed by atoms with Crippen LogP contribution in [0.15, 0.2) is 59.0 Å². The molecular weight excluding hydrogens is 454 g/mol. The second kappa shape index (κ2) is 14.3. The molecule has 0 saturated heterocycles. The average Bonchev–Trinajstić information content (AvgIpc) is 3.36. The zero-order valence-corrected chi connectivity index (χ0v) is 22.7. The SMILES string of the molecule is CCCCN(C)C(C)(CCCC)Cc1ccc(-c2nnc(CSCCOc3ccccc3)o2)cc1. The van der Waals surface area contributed by atoms with Crippen molar-refractivity contribution in [3.8, 4) is 17.2 Å². The summed E-state index contributed by atoms with van der Waals surface area (Å²) < 4.78 is 11.6. The second-order valence-electron chi connectivity index (χ2n) is 9.46. The number of rotatable bonds is 16. The number of ether oxygens (including phenoxy) is 1. The van der Waals surface area contributed by atoms with Gasteiger partial charge in [0.2, 0.25) is 11.8 Å². The fraction of sp³-hybridized carbons (Fsp3) is 0.517. The van der Waals surface area contributed by atoms with E-state index in [-0.39, 0.29) is 5.54 Å². The van der Waals surface area contributed by atoms with Crippen LogP contribution in [0.5, 0.6) is 5.75 Å². The lowest BCUT2D eigenvalue weighted by Gasteiger charge is -2.39. The minimum absolute atomic E-state index is 0.172. The summed E-state index contributed by atoms with van der Waals surface area (Å²) in [5.74, 6) is 3.68. The lowest BCUT2D eigenvalue weighted by molar-refractivity contribution is 0.121. The topological polar surface area (TPSA) is 51.4 Å². The van der Waals surface area contributed by atoms with Crippen LogP contribution in [0.3, 0.4) is 0 Å². The zero-order chi connectivity index (χ0) is 24.9. The fourth-order valence-corrected chi connectivity index (χ4v) is 4.80. The van der Waals surface area contributed by atoms with Crippen LogP contribution in [-0.2, 0) is 12.2 Å². The van der Waals surface area contributed by atoms with Gasteiger partial charge >= 0.3 is 0 Å². The molecule has 3 aromatic rings. The summed E-state index contributed by atoms with van der Waals surface area (Å²) >= 11 is 1.73. The molecule has 0 aliphatic heterocycles. The number of thioether (sulfide) groups is 1. The Labute approximate surface area is 215 Å². The molecule has 0 radical (unpaired) electrons. The van der Waals surface area contributed by atoms with Crippen molar-refractivity contribution < 1.29 is 9.15 Å². The maximum absolute atomic E-state index is 5.92. The summed E-state index contributed by atoms with van der Waals surface area (Å²) in [7, 11) is 2.28. The highest BCUT2D eigenvalue weighted by Crippen LogP contribution is 2.28. The van der Waals surface area contributed by atoms with E-state index in [1.54, 1.807) is 11.8 Å². The molecule has 0 spiro atoms. The Morgan fingerprint density at radius 1 is 0.971 bits per heavy atom. The molecule has 5 nitrogen and oxygen atoms in total. The predicted octanol–water partition coefficient (Wildman–Crippen LogP) is 7.27. The van der Waals surface area contributed by atoms with E-state index in [1.165, 1.54) is 37.7 Å². The van der Waals surface area contributed by atoms with E-state index >= 15 is 0 Å². The minimum atomic E-state index is 0.172. The quantitative estimate of drug-likeness (QED) is 0.195. The van der Waals surface area contributed by atoms with E-state index in [1.807, 2.05) is 30.3 Å². The summed E-state index contributed by atoms with van der Waals surface area (Å²) in [6.45, 7) is 8.76. The van der Waals surface area contributed by atoms with Gasteiger partial charge in [0.05, 0.1) is 12.4 Å². The van der Waals surface area contributed by atoms with E-state index in [2.05, 4.69) is 67.2 Å². The van der Waals surface area contributed by atoms with Crippen LogP contribution in [0.1, 0.15) is 64.3 Å². The molecule has 0 saturated carbocycles. The van der Waals surface area contributed by atoms with Gasteiger partial charge in [-0.25, -0.2) is 0 Å². The summed E-state index contributed by atoms with van der Waals surface area (Å²) in [5, 5.41) is 8.50. The Morgan fingerprint density at radius 3 is 2.43 bits per heavy atom. The van der Waals surface area contributed by atoms with Gasteiger partial charge in [0.15, 0.2) is 0 Å². The molecule has 2 aromatic carbocycles. The number of aromatic nitrogens is 2. The molecule has 1 aromatic heterocycles. The summed E-state index contributed by atoms with van der Waals surface area (Å²) in [4.78, 5) is 2.56. The molecule has 0 aliphatic rings. The van der Waals surface area contributed by atoms with Crippen molar-refractivity contribution in [2.24, 2.45) is 0 Å². The molecule has 1 heterocycles. The highest BCUT2D eigenvalue weighted by molar-refractivity contribution is 7.98. The van der Waals surface area contributed by atoms with Gasteiger partial charge < -0.3 is 14.1 Å². The Kier molecular flexibility index (Phi) is 11.1. The van der Waals surface area contributed by atoms with Crippen molar-refractivity contribution in [3.63, 3.8) is 0 Å². The van der Waals surface area contributed by atoms with Gasteiger partial charge in [-0.3, -0.25) is 0 Å². The first-order valence-electron chi connectivity index (χ1n) is 12.9. The largest absolute Gasteiger partial charge is 0.493 e. The van der Waals surface area contributed by atoms with Crippen molar-refractivity contribution >= 4 is 11.8 Å². The van der Waals surface area contributed by atoms with Gasteiger partial charge in [-0.1, -0.05) is 63.4 Å². The molecule has 3 rings (SSSR count). The molecule has 0 aliphatic carbocycles. The molecule has 1 unspecified atom stereocenters. The number of likely N-dealkylation sites (N-methyl/N-ethyl adjacent to an activating group) is 1. The lowest BCUT2D eigenvalue weighted by atomic mass is 9.86. The van der Waals surface area contributed by atoms with E-state index in [4.69, 9.17) is 9.15 Å². The summed E-state index contributed by atoms with van der Waals surface area (Å²) in [6, 6.07) is 18.5. The molecule has 0 N–H and O–H groups in total. The molecule has 1 atom stereocenters. The van der Waals surface area contributed by atoms with Crippen LogP contribution in [0.2, 0.25) is 0 Å². The summed E-state index contributed by atoms with van der Waals surface area (Å²) in [5.41, 5.74) is 2.50. The molecule has 0 fully saturated rings. The third-order valence-corrected chi connectivity index (χ3v) is 7.46. The predicted molar refractivity (Wildman–Crippen MR) is 147 cm³/mol. The zero-order valence-electron chi connectivity index (χ0n) is 21.8. The number of nitrogens with zero attached hydrogens (tertiary/aromatic N) is 3. The Balaban J connectivity index is 1.51. The van der Waals surface area contributed by atoms with Gasteiger partial charge in [0.1, 0.15) is 5.75 Å². The van der Waals surface area contributed by atoms with Gasteiger partial charge in [0, 0.05) is 16.9 Å². The maximum atomic E-state index is 5.92. The van der Waals surface area contributed by atoms with Crippen LogP contribution < -0.4 is 4.74 Å². The van der Waals surface area contributed by atoms with E-state index in [0.29, 0.717) is 24.1 Å². The van der Waals surface area contributed by atoms with Crippen LogP contribution in [0.25, 0.3) is 11.5 Å². The van der Waals surface area contributed by atoms with Gasteiger partial charge in [-0.2, -0.15) is 0 Å². The number of para-hydroxylation sites is 1. The number of hydrogen-bond acceptors (Lipinski definition) is 6. The Bertz CT molecular complexity index is 977. The number of unbranched alkanes of at least 4 members (excludes halogenated alkanes) is 2. The van der Waals surface area contributed by atoms with Gasteiger partial charge in [-0.05, 0) is 69.6 Å². The van der Waals surface area contributed by atoms with Gasteiger partial charge in [-0.15, -0.1) is 22.0 Å². The number of hydrogen-bond donors (Lipinski definition) is 0. The van der Waals surface area contributed by atoms with E-state index in [0.717, 1.165) is 30.0 Å². The molecule has 6 heteroatoms. The highest BCUT2D eigenvalue weighted by Gasteiger charge is 2.28. The van der Waals surface area contributed by atoms with Crippen LogP contribution >= 0.6 is 11.8 Å². The van der Waals surface area contributed by atoms with Crippen molar-refractivity contribution in [2.45, 2.75) is 70.6 Å². The molecular formula is C29H41N3O2S. The first-order chi connectivity index (χ1) is 17.0. The first kappa shape index (κ1) is 27.3. The highest BCUT2D eigenvalue weighted by atomic mass is 32.2. The smallest absolute Gasteiger partial charge is 0.247 e. The normalized spacial score (nSPS) is 13.2. The van der Waals surface area contributed by atoms with Crippen LogP contribution in [-0.4, -0.2) is 46.6 Å². The van der Waals surface area contributed by atoms with Crippen molar-refractivity contribution in [2.75, 3.05) is 26.0 Å². The number of benzene rings is 2. The maximum Gasteiger partial charge on any atom is 0.247 e. The minimum Gasteiger partial charge on any atom is -0.493 e. The Morgan fingerprint density at radius 2 is 1.71 bits per heavy atom. The van der Waals surface area contributed by atoms with Crippen molar-refractivity contribution in [1.29, 1.82) is 0 Å². The summed E-state index contributed by atoms with van der Waals surface area (Å²) in [6.07, 6.45) is 7.22. The van der Waals surface area contributed by atoms with E-state index < -0.39 is 0 Å². The third kappa shape index (κ3) is 8.69. The Hall–Kier alpha value is -2.31. The molecule has 0 bridgehead atoms. The molecule has 35 heavy (non-hydrogen) atoms. The van der Waals surface area contributed by atoms with Crippen molar-refractivity contribution in [1.82, 2.24) is 15.1 Å². The lowest BCUT2D eigenvalue weighted by Crippen LogP contribution is -2.46. The van der Waals surface area contributed by atoms with Crippen molar-refractivity contribution in [3.05, 3.63) is 66.1 Å². The average molecular weight is 496 g/mol. The van der Waals surface area contributed by atoms with Crippen LogP contribution in [0, 0.1) is 0 Å². The van der Waals surface area contributed by atoms with Gasteiger partial charge in [0.25, 0.3) is 0 Å². The van der Waals surface area contributed by atoms with E-state index in [9.17, 15) is 0 Å². The fourth-order valence-electron chi connectivity index (χ4n) is 4.17. The third-order valence-electron chi connectivity index (χ3n) is 6.56. The first-order valence-corrected chi connectivity index (χ1v) is 14.1. The standard InChI is InChI=1S/C29H41N3O2S/c1-5-7-18-29(3,32(4)19-8-6-2)22-24-14-16-25(17-15-24)28-31-30-27(34-28)23-35-21-20-33-26-12-10-9-11-13-26/h9-17H,5-8,18-23H2,1-4H3. The molecule has 190 valence electrons. The monoisotopic (exact) mass is 495 g/mol. The molecule has 0 amide bonds. The second-order valence-corrected chi connectivity index (χ2v) is 10.6.